The summed E-state index contributed by atoms with van der Waals surface area (Å²) in [7, 11) is 0. The zero-order valence-electron chi connectivity index (χ0n) is 19.9. The average Bonchev–Trinajstić information content (AvgIpc) is 3.28. The Balaban J connectivity index is 1.45. The Labute approximate surface area is 203 Å². The highest BCUT2D eigenvalue weighted by molar-refractivity contribution is 6.35. The van der Waals surface area contributed by atoms with E-state index in [0.717, 1.165) is 22.5 Å². The van der Waals surface area contributed by atoms with E-state index in [1.54, 1.807) is 16.8 Å². The zero-order chi connectivity index (χ0) is 24.9. The first-order valence-electron chi connectivity index (χ1n) is 11.3. The number of amides is 3. The number of nitrogens with zero attached hydrogens (tertiary/aromatic N) is 3. The predicted molar refractivity (Wildman–Crippen MR) is 134 cm³/mol. The molecule has 0 bridgehead atoms. The Morgan fingerprint density at radius 3 is 2.29 bits per heavy atom. The number of imide groups is 1. The summed E-state index contributed by atoms with van der Waals surface area (Å²) in [6.07, 6.45) is 0. The number of nitrogens with one attached hydrogen (secondary N) is 1. The standard InChI is InChI=1S/C28H24N4O3/c1-16-10-11-17(2)24(14-16)31-27(34)22-13-12-20(15-23(22)28(31)35)26(33)29-25-18(3)30-32(19(25)4)21-8-6-5-7-9-21/h5-15H,1-4H3,(H,29,33). The second kappa shape index (κ2) is 8.36. The van der Waals surface area contributed by atoms with Crippen LogP contribution < -0.4 is 10.2 Å². The maximum atomic E-state index is 13.2. The molecule has 1 aromatic heterocycles. The van der Waals surface area contributed by atoms with E-state index in [1.165, 1.54) is 11.0 Å². The summed E-state index contributed by atoms with van der Waals surface area (Å²) < 4.78 is 1.78. The van der Waals surface area contributed by atoms with Gasteiger partial charge in [0.05, 0.1) is 39.6 Å². The van der Waals surface area contributed by atoms with Gasteiger partial charge in [0, 0.05) is 5.56 Å². The molecule has 5 rings (SSSR count). The molecular formula is C28H24N4O3. The highest BCUT2D eigenvalue weighted by Crippen LogP contribution is 2.32. The van der Waals surface area contributed by atoms with Crippen LogP contribution in [0.2, 0.25) is 0 Å². The van der Waals surface area contributed by atoms with Gasteiger partial charge in [-0.2, -0.15) is 5.10 Å². The number of anilines is 2. The van der Waals surface area contributed by atoms with Crippen molar-refractivity contribution in [3.05, 3.63) is 106 Å². The summed E-state index contributed by atoms with van der Waals surface area (Å²) in [5, 5.41) is 7.49. The number of hydrogen-bond acceptors (Lipinski definition) is 4. The molecule has 0 saturated carbocycles. The molecule has 7 nitrogen and oxygen atoms in total. The Morgan fingerprint density at radius 1 is 0.829 bits per heavy atom. The summed E-state index contributed by atoms with van der Waals surface area (Å²) in [5.41, 5.74) is 6.09. The minimum absolute atomic E-state index is 0.219. The third kappa shape index (κ3) is 3.71. The number of benzene rings is 3. The van der Waals surface area contributed by atoms with Crippen molar-refractivity contribution >= 4 is 29.1 Å². The van der Waals surface area contributed by atoms with Crippen LogP contribution >= 0.6 is 0 Å². The van der Waals surface area contributed by atoms with Gasteiger partial charge in [-0.3, -0.25) is 14.4 Å². The highest BCUT2D eigenvalue weighted by Gasteiger charge is 2.38. The van der Waals surface area contributed by atoms with E-state index in [-0.39, 0.29) is 22.9 Å². The maximum Gasteiger partial charge on any atom is 0.266 e. The van der Waals surface area contributed by atoms with Gasteiger partial charge in [0.1, 0.15) is 0 Å². The van der Waals surface area contributed by atoms with Crippen LogP contribution in [0.5, 0.6) is 0 Å². The third-order valence-corrected chi connectivity index (χ3v) is 6.28. The zero-order valence-corrected chi connectivity index (χ0v) is 19.9. The van der Waals surface area contributed by atoms with E-state index in [9.17, 15) is 14.4 Å². The lowest BCUT2D eigenvalue weighted by Gasteiger charge is -2.17. The van der Waals surface area contributed by atoms with E-state index >= 15 is 0 Å². The van der Waals surface area contributed by atoms with Gasteiger partial charge in [-0.25, -0.2) is 9.58 Å². The number of aryl methyl sites for hydroxylation is 3. The molecule has 3 aromatic carbocycles. The molecule has 0 saturated heterocycles. The molecule has 3 amide bonds. The van der Waals surface area contributed by atoms with Gasteiger partial charge in [0.15, 0.2) is 0 Å². The van der Waals surface area contributed by atoms with Gasteiger partial charge in [-0.05, 0) is 75.2 Å². The Morgan fingerprint density at radius 2 is 1.54 bits per heavy atom. The minimum atomic E-state index is -0.433. The molecule has 1 aliphatic rings. The van der Waals surface area contributed by atoms with Gasteiger partial charge in [0.2, 0.25) is 0 Å². The Bertz CT molecular complexity index is 1520. The van der Waals surface area contributed by atoms with Crippen molar-refractivity contribution in [1.29, 1.82) is 0 Å². The van der Waals surface area contributed by atoms with E-state index in [0.29, 0.717) is 22.6 Å². The first kappa shape index (κ1) is 22.3. The Hall–Kier alpha value is -4.52. The van der Waals surface area contributed by atoms with Gasteiger partial charge >= 0.3 is 0 Å². The molecule has 0 fully saturated rings. The largest absolute Gasteiger partial charge is 0.319 e. The SMILES string of the molecule is Cc1ccc(C)c(N2C(=O)c3ccc(C(=O)Nc4c(C)nn(-c5ccccc5)c4C)cc3C2=O)c1. The monoisotopic (exact) mass is 464 g/mol. The third-order valence-electron chi connectivity index (χ3n) is 6.28. The van der Waals surface area contributed by atoms with Gasteiger partial charge < -0.3 is 5.32 Å². The molecule has 2 heterocycles. The lowest BCUT2D eigenvalue weighted by atomic mass is 10.1. The molecule has 0 aliphatic carbocycles. The van der Waals surface area contributed by atoms with Crippen molar-refractivity contribution in [1.82, 2.24) is 9.78 Å². The molecule has 0 unspecified atom stereocenters. The first-order valence-corrected chi connectivity index (χ1v) is 11.3. The minimum Gasteiger partial charge on any atom is -0.319 e. The smallest absolute Gasteiger partial charge is 0.266 e. The van der Waals surface area contributed by atoms with Gasteiger partial charge in [0.25, 0.3) is 17.7 Å². The van der Waals surface area contributed by atoms with Crippen LogP contribution in [-0.4, -0.2) is 27.5 Å². The van der Waals surface area contributed by atoms with Crippen LogP contribution in [0.3, 0.4) is 0 Å². The predicted octanol–water partition coefficient (Wildman–Crippen LogP) is 5.16. The first-order chi connectivity index (χ1) is 16.8. The summed E-state index contributed by atoms with van der Waals surface area (Å²) in [5.74, 6) is -1.20. The molecule has 7 heteroatoms. The van der Waals surface area contributed by atoms with Crippen molar-refractivity contribution < 1.29 is 14.4 Å². The number of carbonyl (C=O) groups excluding carboxylic acids is 3. The number of carbonyl (C=O) groups is 3. The summed E-state index contributed by atoms with van der Waals surface area (Å²) in [4.78, 5) is 40.6. The average molecular weight is 465 g/mol. The normalized spacial score (nSPS) is 12.7. The maximum absolute atomic E-state index is 13.2. The summed E-state index contributed by atoms with van der Waals surface area (Å²) >= 11 is 0. The van der Waals surface area contributed by atoms with Crippen LogP contribution in [0.1, 0.15) is 53.6 Å². The molecule has 0 atom stereocenters. The highest BCUT2D eigenvalue weighted by atomic mass is 16.2. The van der Waals surface area contributed by atoms with E-state index < -0.39 is 5.91 Å². The molecule has 0 spiro atoms. The number of hydrogen-bond donors (Lipinski definition) is 1. The lowest BCUT2D eigenvalue weighted by molar-refractivity contribution is 0.0925. The van der Waals surface area contributed by atoms with Crippen LogP contribution in [0.25, 0.3) is 5.69 Å². The summed E-state index contributed by atoms with van der Waals surface area (Å²) in [6, 6.07) is 19.9. The van der Waals surface area contributed by atoms with Crippen molar-refractivity contribution in [2.45, 2.75) is 27.7 Å². The van der Waals surface area contributed by atoms with Crippen molar-refractivity contribution in [3.8, 4) is 5.69 Å². The molecule has 4 aromatic rings. The van der Waals surface area contributed by atoms with Crippen molar-refractivity contribution in [2.24, 2.45) is 0 Å². The van der Waals surface area contributed by atoms with Gasteiger partial charge in [-0.15, -0.1) is 0 Å². The fraction of sp³-hybridized carbons (Fsp3) is 0.143. The lowest BCUT2D eigenvalue weighted by Crippen LogP contribution is -2.30. The van der Waals surface area contributed by atoms with E-state index in [1.807, 2.05) is 76.2 Å². The number of fused-ring (bicyclic) bond motifs is 1. The second-order valence-electron chi connectivity index (χ2n) is 8.74. The number of aromatic nitrogens is 2. The molecule has 0 radical (unpaired) electrons. The van der Waals surface area contributed by atoms with Crippen molar-refractivity contribution in [2.75, 3.05) is 10.2 Å². The van der Waals surface area contributed by atoms with Crippen LogP contribution in [-0.2, 0) is 0 Å². The topological polar surface area (TPSA) is 84.3 Å². The number of para-hydroxylation sites is 1. The van der Waals surface area contributed by atoms with E-state index in [2.05, 4.69) is 10.4 Å². The van der Waals surface area contributed by atoms with E-state index in [4.69, 9.17) is 0 Å². The van der Waals surface area contributed by atoms with Crippen LogP contribution in [0.15, 0.2) is 66.7 Å². The van der Waals surface area contributed by atoms with Crippen LogP contribution in [0.4, 0.5) is 11.4 Å². The fourth-order valence-corrected chi connectivity index (χ4v) is 4.39. The fourth-order valence-electron chi connectivity index (χ4n) is 4.39. The van der Waals surface area contributed by atoms with Crippen LogP contribution in [0, 0.1) is 27.7 Å². The molecule has 1 aliphatic heterocycles. The molecular weight excluding hydrogens is 440 g/mol. The molecule has 35 heavy (non-hydrogen) atoms. The molecule has 1 N–H and O–H groups in total. The van der Waals surface area contributed by atoms with Crippen molar-refractivity contribution in [3.63, 3.8) is 0 Å². The molecule has 174 valence electrons. The second-order valence-corrected chi connectivity index (χ2v) is 8.74. The quantitative estimate of drug-likeness (QED) is 0.423. The Kier molecular flexibility index (Phi) is 5.32. The number of rotatable bonds is 4. The van der Waals surface area contributed by atoms with Gasteiger partial charge in [-0.1, -0.05) is 30.3 Å². The summed E-state index contributed by atoms with van der Waals surface area (Å²) in [6.45, 7) is 7.48.